The number of carbonyl (C=O) groups is 1. The molecule has 0 radical (unpaired) electrons. The van der Waals surface area contributed by atoms with E-state index in [0.29, 0.717) is 35.9 Å². The Bertz CT molecular complexity index is 975. The Morgan fingerprint density at radius 3 is 2.21 bits per heavy atom. The molecule has 1 amide bonds. The predicted octanol–water partition coefficient (Wildman–Crippen LogP) is 4.36. The first kappa shape index (κ1) is 21.8. The smallest absolute Gasteiger partial charge is 0.290 e. The van der Waals surface area contributed by atoms with Crippen LogP contribution in [0.5, 0.6) is 0 Å². The number of rotatable bonds is 5. The summed E-state index contributed by atoms with van der Waals surface area (Å²) in [5.74, 6) is 0.730. The topological polar surface area (TPSA) is 70.8 Å². The van der Waals surface area contributed by atoms with Gasteiger partial charge in [0.15, 0.2) is 5.76 Å². The van der Waals surface area contributed by atoms with Gasteiger partial charge in [-0.25, -0.2) is 8.42 Å². The van der Waals surface area contributed by atoms with Crippen LogP contribution >= 0.6 is 0 Å². The van der Waals surface area contributed by atoms with E-state index in [4.69, 9.17) is 4.42 Å². The number of nitrogens with zero attached hydrogens (tertiary/aromatic N) is 2. The van der Waals surface area contributed by atoms with Gasteiger partial charge in [0.1, 0.15) is 5.58 Å². The van der Waals surface area contributed by atoms with Crippen LogP contribution in [0.25, 0.3) is 11.0 Å². The third-order valence-electron chi connectivity index (χ3n) is 5.52. The molecule has 1 aliphatic heterocycles. The second kappa shape index (κ2) is 8.11. The number of benzene rings is 1. The second-order valence-electron chi connectivity index (χ2n) is 8.98. The Hall–Kier alpha value is -1.86. The molecule has 2 aromatic rings. The highest BCUT2D eigenvalue weighted by Crippen LogP contribution is 2.29. The summed E-state index contributed by atoms with van der Waals surface area (Å²) >= 11 is 0. The van der Waals surface area contributed by atoms with Gasteiger partial charge in [0.25, 0.3) is 5.91 Å². The molecule has 6 nitrogen and oxygen atoms in total. The van der Waals surface area contributed by atoms with Crippen LogP contribution in [0.3, 0.4) is 0 Å². The zero-order valence-electron chi connectivity index (χ0n) is 18.2. The van der Waals surface area contributed by atoms with Crippen LogP contribution in [0.2, 0.25) is 0 Å². The van der Waals surface area contributed by atoms with Gasteiger partial charge in [0.05, 0.1) is 4.90 Å². The van der Waals surface area contributed by atoms with Crippen molar-refractivity contribution in [2.75, 3.05) is 13.1 Å². The first-order valence-corrected chi connectivity index (χ1v) is 11.8. The Labute approximate surface area is 173 Å². The van der Waals surface area contributed by atoms with Gasteiger partial charge < -0.3 is 9.32 Å². The van der Waals surface area contributed by atoms with Crippen molar-refractivity contribution in [3.8, 4) is 0 Å². The third kappa shape index (κ3) is 4.36. The van der Waals surface area contributed by atoms with E-state index < -0.39 is 10.0 Å². The SMILES string of the molecule is CC1CC(C)CN(S(=O)(=O)c2ccc3oc(C(=O)N(C(C)C)C(C)C)cc3c2)C1. The molecule has 2 unspecified atom stereocenters. The number of hydrogen-bond acceptors (Lipinski definition) is 4. The fraction of sp³-hybridized carbons (Fsp3) is 0.591. The highest BCUT2D eigenvalue weighted by molar-refractivity contribution is 7.89. The summed E-state index contributed by atoms with van der Waals surface area (Å²) in [6.07, 6.45) is 1.04. The lowest BCUT2D eigenvalue weighted by Gasteiger charge is -2.34. The van der Waals surface area contributed by atoms with Crippen LogP contribution in [-0.4, -0.2) is 48.7 Å². The first-order valence-electron chi connectivity index (χ1n) is 10.4. The van der Waals surface area contributed by atoms with Crippen molar-refractivity contribution in [2.45, 2.75) is 64.9 Å². The van der Waals surface area contributed by atoms with Crippen LogP contribution in [0, 0.1) is 11.8 Å². The summed E-state index contributed by atoms with van der Waals surface area (Å²) < 4.78 is 33.7. The number of sulfonamides is 1. The summed E-state index contributed by atoms with van der Waals surface area (Å²) in [7, 11) is -3.58. The summed E-state index contributed by atoms with van der Waals surface area (Å²) in [4.78, 5) is 14.9. The van der Waals surface area contributed by atoms with Crippen molar-refractivity contribution >= 4 is 26.9 Å². The fourth-order valence-electron chi connectivity index (χ4n) is 4.43. The zero-order valence-corrected chi connectivity index (χ0v) is 19.0. The number of piperidine rings is 1. The van der Waals surface area contributed by atoms with Crippen molar-refractivity contribution in [2.24, 2.45) is 11.8 Å². The number of amides is 1. The minimum absolute atomic E-state index is 0.0368. The molecule has 0 saturated carbocycles. The van der Waals surface area contributed by atoms with E-state index in [1.54, 1.807) is 33.5 Å². The molecular formula is C22H32N2O4S. The maximum atomic E-state index is 13.2. The molecule has 160 valence electrons. The number of hydrogen-bond donors (Lipinski definition) is 0. The molecule has 1 aliphatic rings. The summed E-state index contributed by atoms with van der Waals surface area (Å²) in [6, 6.07) is 6.55. The van der Waals surface area contributed by atoms with E-state index in [1.807, 2.05) is 27.7 Å². The maximum absolute atomic E-state index is 13.2. The van der Waals surface area contributed by atoms with Crippen molar-refractivity contribution in [1.82, 2.24) is 9.21 Å². The second-order valence-corrected chi connectivity index (χ2v) is 10.9. The average Bonchev–Trinajstić information content (AvgIpc) is 3.03. The molecule has 3 rings (SSSR count). The maximum Gasteiger partial charge on any atom is 0.290 e. The molecule has 0 aliphatic carbocycles. The van der Waals surface area contributed by atoms with E-state index in [1.165, 1.54) is 0 Å². The Balaban J connectivity index is 1.94. The summed E-state index contributed by atoms with van der Waals surface area (Å²) in [6.45, 7) is 13.1. The first-order chi connectivity index (χ1) is 13.5. The van der Waals surface area contributed by atoms with E-state index in [0.717, 1.165) is 6.42 Å². The monoisotopic (exact) mass is 420 g/mol. The van der Waals surface area contributed by atoms with Crippen molar-refractivity contribution in [1.29, 1.82) is 0 Å². The van der Waals surface area contributed by atoms with Crippen molar-refractivity contribution in [3.63, 3.8) is 0 Å². The van der Waals surface area contributed by atoms with Gasteiger partial charge in [0, 0.05) is 30.6 Å². The number of carbonyl (C=O) groups excluding carboxylic acids is 1. The Kier molecular flexibility index (Phi) is 6.11. The summed E-state index contributed by atoms with van der Waals surface area (Å²) in [5.41, 5.74) is 0.514. The van der Waals surface area contributed by atoms with E-state index >= 15 is 0 Å². The molecule has 29 heavy (non-hydrogen) atoms. The van der Waals surface area contributed by atoms with Crippen LogP contribution in [0.1, 0.15) is 58.5 Å². The molecule has 7 heteroatoms. The van der Waals surface area contributed by atoms with Gasteiger partial charge in [-0.05, 0) is 70.2 Å². The highest BCUT2D eigenvalue weighted by atomic mass is 32.2. The van der Waals surface area contributed by atoms with Crippen molar-refractivity contribution in [3.05, 3.63) is 30.0 Å². The standard InChI is InChI=1S/C22H32N2O4S/c1-14(2)24(15(3)4)22(25)21-11-18-10-19(7-8-20(18)28-21)29(26,27)23-12-16(5)9-17(6)13-23/h7-8,10-11,14-17H,9,12-13H2,1-6H3. The molecular weight excluding hydrogens is 388 g/mol. The van der Waals surface area contributed by atoms with Gasteiger partial charge >= 0.3 is 0 Å². The minimum Gasteiger partial charge on any atom is -0.451 e. The van der Waals surface area contributed by atoms with Gasteiger partial charge in [-0.3, -0.25) is 4.79 Å². The largest absolute Gasteiger partial charge is 0.451 e. The van der Waals surface area contributed by atoms with Gasteiger partial charge in [-0.15, -0.1) is 0 Å². The van der Waals surface area contributed by atoms with Crippen LogP contribution in [0.15, 0.2) is 33.6 Å². The lowest BCUT2D eigenvalue weighted by Crippen LogP contribution is -2.42. The van der Waals surface area contributed by atoms with Crippen LogP contribution in [0.4, 0.5) is 0 Å². The normalized spacial score (nSPS) is 21.2. The fourth-order valence-corrected chi connectivity index (χ4v) is 6.15. The third-order valence-corrected chi connectivity index (χ3v) is 7.35. The molecule has 0 spiro atoms. The Morgan fingerprint density at radius 2 is 1.66 bits per heavy atom. The Morgan fingerprint density at radius 1 is 1.07 bits per heavy atom. The van der Waals surface area contributed by atoms with Crippen LogP contribution in [-0.2, 0) is 10.0 Å². The number of fused-ring (bicyclic) bond motifs is 1. The molecule has 1 fully saturated rings. The van der Waals surface area contributed by atoms with Crippen LogP contribution < -0.4 is 0 Å². The van der Waals surface area contributed by atoms with E-state index in [9.17, 15) is 13.2 Å². The van der Waals surface area contributed by atoms with E-state index in [-0.39, 0.29) is 28.6 Å². The van der Waals surface area contributed by atoms with Gasteiger partial charge in [-0.2, -0.15) is 4.31 Å². The zero-order chi connectivity index (χ0) is 21.5. The predicted molar refractivity (Wildman–Crippen MR) is 114 cm³/mol. The molecule has 2 heterocycles. The minimum atomic E-state index is -3.58. The molecule has 1 aromatic carbocycles. The van der Waals surface area contributed by atoms with Crippen molar-refractivity contribution < 1.29 is 17.6 Å². The average molecular weight is 421 g/mol. The van der Waals surface area contributed by atoms with Gasteiger partial charge in [0.2, 0.25) is 10.0 Å². The molecule has 1 saturated heterocycles. The van der Waals surface area contributed by atoms with Gasteiger partial charge in [-0.1, -0.05) is 13.8 Å². The molecule has 2 atom stereocenters. The lowest BCUT2D eigenvalue weighted by molar-refractivity contribution is 0.0613. The quantitative estimate of drug-likeness (QED) is 0.721. The summed E-state index contributed by atoms with van der Waals surface area (Å²) in [5, 5.41) is 0.625. The molecule has 0 bridgehead atoms. The highest BCUT2D eigenvalue weighted by Gasteiger charge is 2.32. The number of furan rings is 1. The lowest BCUT2D eigenvalue weighted by atomic mass is 9.94. The molecule has 0 N–H and O–H groups in total. The van der Waals surface area contributed by atoms with E-state index in [2.05, 4.69) is 13.8 Å². The molecule has 1 aromatic heterocycles.